The van der Waals surface area contributed by atoms with Gasteiger partial charge in [0.2, 0.25) is 0 Å². The quantitative estimate of drug-likeness (QED) is 0.681. The molecule has 1 rings (SSSR count). The molecule has 0 aliphatic heterocycles. The van der Waals surface area contributed by atoms with E-state index in [0.29, 0.717) is 6.42 Å². The highest BCUT2D eigenvalue weighted by molar-refractivity contribution is 5.70. The number of methoxy groups -OCH3 is 1. The molecule has 0 aliphatic carbocycles. The van der Waals surface area contributed by atoms with Crippen LogP contribution >= 0.6 is 0 Å². The van der Waals surface area contributed by atoms with E-state index >= 15 is 0 Å². The summed E-state index contributed by atoms with van der Waals surface area (Å²) in [6.07, 6.45) is 2.73. The van der Waals surface area contributed by atoms with Crippen molar-refractivity contribution >= 4 is 11.7 Å². The van der Waals surface area contributed by atoms with Crippen molar-refractivity contribution in [3.05, 3.63) is 30.3 Å². The van der Waals surface area contributed by atoms with Gasteiger partial charge < -0.3 is 9.64 Å². The Hall–Kier alpha value is -1.51. The van der Waals surface area contributed by atoms with Crippen LogP contribution in [0, 0.1) is 0 Å². The molecule has 0 N–H and O–H groups in total. The minimum Gasteiger partial charge on any atom is -0.469 e. The van der Waals surface area contributed by atoms with Crippen LogP contribution in [0.2, 0.25) is 0 Å². The highest BCUT2D eigenvalue weighted by atomic mass is 16.5. The number of unbranched alkanes of at least 4 members (excludes halogenated alkanes) is 1. The van der Waals surface area contributed by atoms with Gasteiger partial charge in [-0.05, 0) is 18.6 Å². The second-order valence-corrected chi connectivity index (χ2v) is 4.00. The zero-order valence-corrected chi connectivity index (χ0v) is 10.7. The Labute approximate surface area is 103 Å². The number of anilines is 1. The first-order valence-corrected chi connectivity index (χ1v) is 6.14. The van der Waals surface area contributed by atoms with Crippen LogP contribution in [0.4, 0.5) is 5.69 Å². The monoisotopic (exact) mass is 235 g/mol. The number of hydrogen-bond acceptors (Lipinski definition) is 3. The lowest BCUT2D eigenvalue weighted by molar-refractivity contribution is -0.140. The zero-order valence-electron chi connectivity index (χ0n) is 10.7. The average molecular weight is 235 g/mol. The maximum Gasteiger partial charge on any atom is 0.307 e. The van der Waals surface area contributed by atoms with Crippen LogP contribution < -0.4 is 4.90 Å². The topological polar surface area (TPSA) is 29.5 Å². The summed E-state index contributed by atoms with van der Waals surface area (Å²) in [5.74, 6) is -0.151. The fourth-order valence-corrected chi connectivity index (χ4v) is 1.69. The summed E-state index contributed by atoms with van der Waals surface area (Å²) in [5.41, 5.74) is 1.17. The van der Waals surface area contributed by atoms with Crippen molar-refractivity contribution < 1.29 is 9.53 Å². The lowest BCUT2D eigenvalue weighted by Crippen LogP contribution is -2.27. The van der Waals surface area contributed by atoms with Gasteiger partial charge in [-0.3, -0.25) is 4.79 Å². The van der Waals surface area contributed by atoms with Crippen LogP contribution in [0.3, 0.4) is 0 Å². The summed E-state index contributed by atoms with van der Waals surface area (Å²) < 4.78 is 4.68. The van der Waals surface area contributed by atoms with Gasteiger partial charge in [0, 0.05) is 18.8 Å². The van der Waals surface area contributed by atoms with Crippen LogP contribution in [0.15, 0.2) is 30.3 Å². The van der Waals surface area contributed by atoms with Crippen molar-refractivity contribution in [2.75, 3.05) is 25.1 Å². The van der Waals surface area contributed by atoms with Crippen molar-refractivity contribution in [1.82, 2.24) is 0 Å². The standard InChI is InChI=1S/C14H21NO2/c1-3-4-11-15(12-10-14(16)17-2)13-8-6-5-7-9-13/h5-9H,3-4,10-12H2,1-2H3. The van der Waals surface area contributed by atoms with E-state index in [0.717, 1.165) is 25.9 Å². The number of benzene rings is 1. The van der Waals surface area contributed by atoms with Crippen molar-refractivity contribution in [3.8, 4) is 0 Å². The average Bonchev–Trinajstić information content (AvgIpc) is 2.39. The number of hydrogen-bond donors (Lipinski definition) is 0. The molecule has 0 fully saturated rings. The molecule has 0 aliphatic rings. The SMILES string of the molecule is CCCCN(CCC(=O)OC)c1ccccc1. The molecule has 0 atom stereocenters. The number of para-hydroxylation sites is 1. The number of ether oxygens (including phenoxy) is 1. The van der Waals surface area contributed by atoms with Crippen molar-refractivity contribution in [2.24, 2.45) is 0 Å². The van der Waals surface area contributed by atoms with E-state index in [1.807, 2.05) is 18.2 Å². The Morgan fingerprint density at radius 1 is 1.24 bits per heavy atom. The predicted molar refractivity (Wildman–Crippen MR) is 70.2 cm³/mol. The van der Waals surface area contributed by atoms with Crippen LogP contribution in [-0.4, -0.2) is 26.2 Å². The number of nitrogens with zero attached hydrogens (tertiary/aromatic N) is 1. The fraction of sp³-hybridized carbons (Fsp3) is 0.500. The first kappa shape index (κ1) is 13.6. The van der Waals surface area contributed by atoms with Gasteiger partial charge in [0.25, 0.3) is 0 Å². The molecule has 0 radical (unpaired) electrons. The lowest BCUT2D eigenvalue weighted by atomic mass is 10.2. The third-order valence-corrected chi connectivity index (χ3v) is 2.72. The van der Waals surface area contributed by atoms with Gasteiger partial charge in [-0.15, -0.1) is 0 Å². The Morgan fingerprint density at radius 3 is 2.53 bits per heavy atom. The van der Waals surface area contributed by atoms with Gasteiger partial charge >= 0.3 is 5.97 Å². The largest absolute Gasteiger partial charge is 0.469 e. The number of esters is 1. The highest BCUT2D eigenvalue weighted by Crippen LogP contribution is 2.14. The summed E-state index contributed by atoms with van der Waals surface area (Å²) in [6, 6.07) is 10.2. The summed E-state index contributed by atoms with van der Waals surface area (Å²) >= 11 is 0. The third-order valence-electron chi connectivity index (χ3n) is 2.72. The molecule has 1 aromatic carbocycles. The summed E-state index contributed by atoms with van der Waals surface area (Å²) in [6.45, 7) is 3.87. The molecule has 0 saturated heterocycles. The van der Waals surface area contributed by atoms with Crippen molar-refractivity contribution in [1.29, 1.82) is 0 Å². The summed E-state index contributed by atoms with van der Waals surface area (Å²) in [4.78, 5) is 13.4. The molecule has 0 bridgehead atoms. The molecule has 17 heavy (non-hydrogen) atoms. The molecule has 3 nitrogen and oxygen atoms in total. The normalized spacial score (nSPS) is 10.0. The minimum absolute atomic E-state index is 0.151. The molecule has 0 amide bonds. The molecular weight excluding hydrogens is 214 g/mol. The van der Waals surface area contributed by atoms with Crippen LogP contribution in [-0.2, 0) is 9.53 Å². The molecule has 94 valence electrons. The van der Waals surface area contributed by atoms with E-state index in [9.17, 15) is 4.79 Å². The molecule has 0 spiro atoms. The van der Waals surface area contributed by atoms with E-state index in [-0.39, 0.29) is 5.97 Å². The first-order chi connectivity index (χ1) is 8.27. The van der Waals surface area contributed by atoms with Gasteiger partial charge in [0.1, 0.15) is 0 Å². The van der Waals surface area contributed by atoms with Crippen molar-refractivity contribution in [3.63, 3.8) is 0 Å². The van der Waals surface area contributed by atoms with E-state index in [4.69, 9.17) is 0 Å². The van der Waals surface area contributed by atoms with Crippen molar-refractivity contribution in [2.45, 2.75) is 26.2 Å². The van der Waals surface area contributed by atoms with Gasteiger partial charge in [-0.25, -0.2) is 0 Å². The maximum atomic E-state index is 11.2. The maximum absolute atomic E-state index is 11.2. The Balaban J connectivity index is 2.57. The Morgan fingerprint density at radius 2 is 1.94 bits per heavy atom. The molecule has 0 heterocycles. The molecule has 0 unspecified atom stereocenters. The second kappa shape index (κ2) is 7.71. The number of carbonyl (C=O) groups excluding carboxylic acids is 1. The van der Waals surface area contributed by atoms with Gasteiger partial charge in [-0.1, -0.05) is 31.5 Å². The summed E-state index contributed by atoms with van der Waals surface area (Å²) in [7, 11) is 1.43. The molecular formula is C14H21NO2. The van der Waals surface area contributed by atoms with E-state index in [1.54, 1.807) is 0 Å². The van der Waals surface area contributed by atoms with Crippen LogP contribution in [0.25, 0.3) is 0 Å². The third kappa shape index (κ3) is 4.89. The molecule has 0 saturated carbocycles. The highest BCUT2D eigenvalue weighted by Gasteiger charge is 2.08. The van der Waals surface area contributed by atoms with Gasteiger partial charge in [-0.2, -0.15) is 0 Å². The second-order valence-electron chi connectivity index (χ2n) is 4.00. The Kier molecular flexibility index (Phi) is 6.15. The van der Waals surface area contributed by atoms with Crippen LogP contribution in [0.5, 0.6) is 0 Å². The first-order valence-electron chi connectivity index (χ1n) is 6.14. The van der Waals surface area contributed by atoms with Gasteiger partial charge in [0.15, 0.2) is 0 Å². The minimum atomic E-state index is -0.151. The van der Waals surface area contributed by atoms with E-state index in [1.165, 1.54) is 12.8 Å². The predicted octanol–water partition coefficient (Wildman–Crippen LogP) is 2.86. The number of rotatable bonds is 7. The zero-order chi connectivity index (χ0) is 12.5. The van der Waals surface area contributed by atoms with E-state index in [2.05, 4.69) is 28.7 Å². The molecule has 1 aromatic rings. The molecule has 3 heteroatoms. The fourth-order valence-electron chi connectivity index (χ4n) is 1.69. The summed E-state index contributed by atoms with van der Waals surface area (Å²) in [5, 5.41) is 0. The van der Waals surface area contributed by atoms with Gasteiger partial charge in [0.05, 0.1) is 13.5 Å². The smallest absolute Gasteiger partial charge is 0.307 e. The van der Waals surface area contributed by atoms with E-state index < -0.39 is 0 Å². The van der Waals surface area contributed by atoms with Crippen LogP contribution in [0.1, 0.15) is 26.2 Å². The number of carbonyl (C=O) groups is 1. The lowest BCUT2D eigenvalue weighted by Gasteiger charge is -2.24. The Bertz CT molecular complexity index is 324. The molecule has 0 aromatic heterocycles.